The molecule has 0 radical (unpaired) electrons. The number of carbonyl (C=O) groups excluding carboxylic acids is 1. The van der Waals surface area contributed by atoms with E-state index in [1.165, 1.54) is 20.0 Å². The molecule has 2 aliphatic rings. The number of hydrogen-bond acceptors (Lipinski definition) is 4. The number of carbonyl (C=O) groups is 1. The molecule has 21 heavy (non-hydrogen) atoms. The number of methoxy groups -OCH3 is 1. The van der Waals surface area contributed by atoms with E-state index in [2.05, 4.69) is 37.9 Å². The van der Waals surface area contributed by atoms with Crippen LogP contribution >= 0.6 is 0 Å². The van der Waals surface area contributed by atoms with Crippen molar-refractivity contribution in [1.29, 1.82) is 0 Å². The normalized spacial score (nSPS) is 25.6. The highest BCUT2D eigenvalue weighted by molar-refractivity contribution is 5.82. The summed E-state index contributed by atoms with van der Waals surface area (Å²) in [7, 11) is 1.51. The summed E-state index contributed by atoms with van der Waals surface area (Å²) < 4.78 is 5.17. The molecule has 0 spiro atoms. The van der Waals surface area contributed by atoms with Crippen LogP contribution in [0.2, 0.25) is 0 Å². The van der Waals surface area contributed by atoms with Gasteiger partial charge in [-0.05, 0) is 64.0 Å². The maximum atomic E-state index is 12.5. The van der Waals surface area contributed by atoms with E-state index in [1.54, 1.807) is 0 Å². The first-order chi connectivity index (χ1) is 9.79. The zero-order valence-corrected chi connectivity index (χ0v) is 14.4. The predicted molar refractivity (Wildman–Crippen MR) is 85.2 cm³/mol. The lowest BCUT2D eigenvalue weighted by atomic mass is 9.81. The highest BCUT2D eigenvalue weighted by Crippen LogP contribution is 2.42. The van der Waals surface area contributed by atoms with Gasteiger partial charge in [0.15, 0.2) is 0 Å². The Bertz CT molecular complexity index is 367. The van der Waals surface area contributed by atoms with E-state index >= 15 is 0 Å². The Morgan fingerprint density at radius 2 is 1.90 bits per heavy atom. The molecule has 1 heterocycles. The summed E-state index contributed by atoms with van der Waals surface area (Å²) in [5.74, 6) is 0.353. The molecule has 0 amide bonds. The third-order valence-corrected chi connectivity index (χ3v) is 5.05. The van der Waals surface area contributed by atoms with Crippen LogP contribution < -0.4 is 5.32 Å². The number of ether oxygens (including phenoxy) is 1. The molecule has 1 saturated heterocycles. The molecule has 4 nitrogen and oxygen atoms in total. The van der Waals surface area contributed by atoms with Crippen LogP contribution in [0.5, 0.6) is 0 Å². The molecule has 1 aliphatic carbocycles. The van der Waals surface area contributed by atoms with Crippen LogP contribution in [0.4, 0.5) is 0 Å². The fourth-order valence-electron chi connectivity index (χ4n) is 3.53. The maximum absolute atomic E-state index is 12.5. The van der Waals surface area contributed by atoms with E-state index in [9.17, 15) is 4.79 Å². The Balaban J connectivity index is 2.10. The summed E-state index contributed by atoms with van der Waals surface area (Å²) in [4.78, 5) is 15.0. The van der Waals surface area contributed by atoms with Crippen molar-refractivity contribution in [2.45, 2.75) is 65.0 Å². The Kier molecular flexibility index (Phi) is 4.99. The number of esters is 1. The van der Waals surface area contributed by atoms with Crippen LogP contribution in [-0.2, 0) is 9.53 Å². The molecule has 0 aromatic rings. The second-order valence-electron chi connectivity index (χ2n) is 7.98. The van der Waals surface area contributed by atoms with Crippen molar-refractivity contribution in [3.05, 3.63) is 0 Å². The van der Waals surface area contributed by atoms with Crippen LogP contribution in [0.15, 0.2) is 0 Å². The van der Waals surface area contributed by atoms with Crippen LogP contribution in [0.1, 0.15) is 53.4 Å². The molecule has 1 N–H and O–H groups in total. The minimum absolute atomic E-state index is 0.0801. The average molecular weight is 296 g/mol. The van der Waals surface area contributed by atoms with Crippen LogP contribution in [0.3, 0.4) is 0 Å². The Hall–Kier alpha value is -0.610. The van der Waals surface area contributed by atoms with Crippen molar-refractivity contribution in [3.8, 4) is 0 Å². The fraction of sp³-hybridized carbons (Fsp3) is 0.941. The summed E-state index contributed by atoms with van der Waals surface area (Å²) in [6.07, 6.45) is 4.68. The van der Waals surface area contributed by atoms with E-state index in [4.69, 9.17) is 4.74 Å². The SMILES string of the molecule is COC(=O)C(CN1CCC(C)(C)CC1)(NC(C)C)C1CC1. The van der Waals surface area contributed by atoms with Gasteiger partial charge < -0.3 is 9.64 Å². The van der Waals surface area contributed by atoms with E-state index in [-0.39, 0.29) is 12.0 Å². The van der Waals surface area contributed by atoms with E-state index in [1.807, 2.05) is 0 Å². The first kappa shape index (κ1) is 16.8. The van der Waals surface area contributed by atoms with Gasteiger partial charge in [0.05, 0.1) is 7.11 Å². The number of nitrogens with zero attached hydrogens (tertiary/aromatic N) is 1. The highest BCUT2D eigenvalue weighted by Gasteiger charge is 2.53. The monoisotopic (exact) mass is 296 g/mol. The molecular formula is C17H32N2O2. The zero-order chi connectivity index (χ0) is 15.7. The summed E-state index contributed by atoms with van der Waals surface area (Å²) in [5.41, 5.74) is -0.0696. The third-order valence-electron chi connectivity index (χ3n) is 5.05. The van der Waals surface area contributed by atoms with Gasteiger partial charge >= 0.3 is 5.97 Å². The highest BCUT2D eigenvalue weighted by atomic mass is 16.5. The van der Waals surface area contributed by atoms with Crippen LogP contribution in [0, 0.1) is 11.3 Å². The van der Waals surface area contributed by atoms with Crippen molar-refractivity contribution in [3.63, 3.8) is 0 Å². The lowest BCUT2D eigenvalue weighted by Gasteiger charge is -2.43. The predicted octanol–water partition coefficient (Wildman–Crippen LogP) is 2.43. The number of piperidine rings is 1. The lowest BCUT2D eigenvalue weighted by molar-refractivity contribution is -0.151. The Morgan fingerprint density at radius 3 is 2.33 bits per heavy atom. The molecular weight excluding hydrogens is 264 g/mol. The van der Waals surface area contributed by atoms with E-state index in [0.717, 1.165) is 32.5 Å². The average Bonchev–Trinajstić information content (AvgIpc) is 3.23. The molecule has 0 bridgehead atoms. The van der Waals surface area contributed by atoms with Crippen molar-refractivity contribution < 1.29 is 9.53 Å². The summed E-state index contributed by atoms with van der Waals surface area (Å²) >= 11 is 0. The molecule has 1 saturated carbocycles. The topological polar surface area (TPSA) is 41.6 Å². The molecule has 4 heteroatoms. The summed E-state index contributed by atoms with van der Waals surface area (Å²) in [5, 5.41) is 3.56. The molecule has 0 aromatic carbocycles. The van der Waals surface area contributed by atoms with Crippen molar-refractivity contribution in [2.75, 3.05) is 26.7 Å². The van der Waals surface area contributed by atoms with Crippen molar-refractivity contribution >= 4 is 5.97 Å². The molecule has 122 valence electrons. The smallest absolute Gasteiger partial charge is 0.327 e. The first-order valence-electron chi connectivity index (χ1n) is 8.37. The molecule has 1 atom stereocenters. The van der Waals surface area contributed by atoms with E-state index < -0.39 is 5.54 Å². The van der Waals surface area contributed by atoms with Gasteiger partial charge in [-0.1, -0.05) is 13.8 Å². The van der Waals surface area contributed by atoms with Gasteiger partial charge in [0, 0.05) is 12.6 Å². The maximum Gasteiger partial charge on any atom is 0.327 e. The Labute approximate surface area is 129 Å². The largest absolute Gasteiger partial charge is 0.468 e. The summed E-state index contributed by atoms with van der Waals surface area (Å²) in [6.45, 7) is 11.9. The molecule has 2 rings (SSSR count). The number of hydrogen-bond donors (Lipinski definition) is 1. The second kappa shape index (κ2) is 6.25. The van der Waals surface area contributed by atoms with Crippen molar-refractivity contribution in [1.82, 2.24) is 10.2 Å². The second-order valence-corrected chi connectivity index (χ2v) is 7.98. The standard InChI is InChI=1S/C17H32N2O2/c1-13(2)18-17(14-6-7-14,15(20)21-5)12-19-10-8-16(3,4)9-11-19/h13-14,18H,6-12H2,1-5H3. The van der Waals surface area contributed by atoms with Crippen LogP contribution in [0.25, 0.3) is 0 Å². The fourth-order valence-corrected chi connectivity index (χ4v) is 3.53. The van der Waals surface area contributed by atoms with Gasteiger partial charge in [0.25, 0.3) is 0 Å². The third kappa shape index (κ3) is 3.98. The van der Waals surface area contributed by atoms with E-state index in [0.29, 0.717) is 11.3 Å². The van der Waals surface area contributed by atoms with Gasteiger partial charge in [0.1, 0.15) is 5.54 Å². The first-order valence-corrected chi connectivity index (χ1v) is 8.37. The van der Waals surface area contributed by atoms with Gasteiger partial charge in [0.2, 0.25) is 0 Å². The molecule has 1 unspecified atom stereocenters. The zero-order valence-electron chi connectivity index (χ0n) is 14.4. The molecule has 1 aliphatic heterocycles. The quantitative estimate of drug-likeness (QED) is 0.764. The number of nitrogens with one attached hydrogen (secondary N) is 1. The lowest BCUT2D eigenvalue weighted by Crippen LogP contribution is -2.63. The van der Waals surface area contributed by atoms with Gasteiger partial charge in [-0.25, -0.2) is 4.79 Å². The van der Waals surface area contributed by atoms with Gasteiger partial charge in [-0.3, -0.25) is 5.32 Å². The molecule has 2 fully saturated rings. The Morgan fingerprint density at radius 1 is 1.33 bits per heavy atom. The summed E-state index contributed by atoms with van der Waals surface area (Å²) in [6, 6.07) is 0.283. The number of likely N-dealkylation sites (tertiary alicyclic amines) is 1. The minimum Gasteiger partial charge on any atom is -0.468 e. The van der Waals surface area contributed by atoms with Gasteiger partial charge in [-0.15, -0.1) is 0 Å². The van der Waals surface area contributed by atoms with Gasteiger partial charge in [-0.2, -0.15) is 0 Å². The molecule has 0 aromatic heterocycles. The minimum atomic E-state index is -0.510. The number of rotatable bonds is 6. The van der Waals surface area contributed by atoms with Crippen LogP contribution in [-0.4, -0.2) is 49.2 Å². The van der Waals surface area contributed by atoms with Crippen molar-refractivity contribution in [2.24, 2.45) is 11.3 Å².